The molecule has 6 heteroatoms. The SMILES string of the molecule is COC(=O)c1c(C)c[nH]c(=O)c1C(F)F. The van der Waals surface area contributed by atoms with Gasteiger partial charge >= 0.3 is 5.97 Å². The summed E-state index contributed by atoms with van der Waals surface area (Å²) in [5.41, 5.74) is -1.94. The summed E-state index contributed by atoms with van der Waals surface area (Å²) in [5.74, 6) is -0.936. The van der Waals surface area contributed by atoms with Crippen LogP contribution in [0.3, 0.4) is 0 Å². The average molecular weight is 217 g/mol. The number of hydrogen-bond acceptors (Lipinski definition) is 3. The van der Waals surface area contributed by atoms with Crippen LogP contribution in [0.2, 0.25) is 0 Å². The number of carbonyl (C=O) groups excluding carboxylic acids is 1. The average Bonchev–Trinajstić information content (AvgIpc) is 2.19. The minimum absolute atomic E-state index is 0.247. The second-order valence-electron chi connectivity index (χ2n) is 2.88. The van der Waals surface area contributed by atoms with Crippen molar-refractivity contribution in [3.8, 4) is 0 Å². The summed E-state index contributed by atoms with van der Waals surface area (Å²) in [6, 6.07) is 0. The molecule has 4 nitrogen and oxygen atoms in total. The second-order valence-corrected chi connectivity index (χ2v) is 2.88. The normalized spacial score (nSPS) is 10.5. The van der Waals surface area contributed by atoms with Crippen LogP contribution in [0.25, 0.3) is 0 Å². The molecule has 0 saturated carbocycles. The number of H-pyrrole nitrogens is 1. The number of alkyl halides is 2. The van der Waals surface area contributed by atoms with E-state index in [1.165, 1.54) is 13.1 Å². The maximum absolute atomic E-state index is 12.5. The molecule has 82 valence electrons. The Hall–Kier alpha value is -1.72. The smallest absolute Gasteiger partial charge is 0.338 e. The van der Waals surface area contributed by atoms with Crippen molar-refractivity contribution in [3.05, 3.63) is 33.2 Å². The van der Waals surface area contributed by atoms with Crippen molar-refractivity contribution in [1.29, 1.82) is 0 Å². The van der Waals surface area contributed by atoms with Crippen molar-refractivity contribution in [1.82, 2.24) is 4.98 Å². The largest absolute Gasteiger partial charge is 0.465 e. The third-order valence-electron chi connectivity index (χ3n) is 1.94. The van der Waals surface area contributed by atoms with Crippen molar-refractivity contribution < 1.29 is 18.3 Å². The summed E-state index contributed by atoms with van der Waals surface area (Å²) in [5, 5.41) is 0. The molecule has 0 atom stereocenters. The Morgan fingerprint density at radius 3 is 2.60 bits per heavy atom. The van der Waals surface area contributed by atoms with Crippen LogP contribution < -0.4 is 5.56 Å². The Labute approximate surface area is 83.9 Å². The predicted molar refractivity (Wildman–Crippen MR) is 48.1 cm³/mol. The van der Waals surface area contributed by atoms with E-state index in [2.05, 4.69) is 9.72 Å². The maximum atomic E-state index is 12.5. The highest BCUT2D eigenvalue weighted by molar-refractivity contribution is 5.92. The minimum atomic E-state index is -3.01. The summed E-state index contributed by atoms with van der Waals surface area (Å²) in [6.45, 7) is 1.44. The highest BCUT2D eigenvalue weighted by atomic mass is 19.3. The van der Waals surface area contributed by atoms with Crippen molar-refractivity contribution >= 4 is 5.97 Å². The molecule has 1 aromatic heterocycles. The monoisotopic (exact) mass is 217 g/mol. The van der Waals surface area contributed by atoms with Gasteiger partial charge < -0.3 is 9.72 Å². The summed E-state index contributed by atoms with van der Waals surface area (Å²) < 4.78 is 29.4. The molecule has 0 aliphatic rings. The third-order valence-corrected chi connectivity index (χ3v) is 1.94. The zero-order chi connectivity index (χ0) is 11.6. The quantitative estimate of drug-likeness (QED) is 0.762. The van der Waals surface area contributed by atoms with Gasteiger partial charge in [0.1, 0.15) is 0 Å². The molecular formula is C9H9F2NO3. The van der Waals surface area contributed by atoms with E-state index in [0.29, 0.717) is 0 Å². The summed E-state index contributed by atoms with van der Waals surface area (Å²) >= 11 is 0. The lowest BCUT2D eigenvalue weighted by atomic mass is 10.1. The number of aromatic amines is 1. The van der Waals surface area contributed by atoms with Gasteiger partial charge in [0.25, 0.3) is 12.0 Å². The first-order valence-corrected chi connectivity index (χ1v) is 4.07. The van der Waals surface area contributed by atoms with Gasteiger partial charge in [0.05, 0.1) is 18.2 Å². The topological polar surface area (TPSA) is 59.2 Å². The molecule has 0 bridgehead atoms. The molecule has 0 aliphatic carbocycles. The Balaban J connectivity index is 3.52. The molecule has 0 saturated heterocycles. The Kier molecular flexibility index (Phi) is 3.18. The van der Waals surface area contributed by atoms with Crippen molar-refractivity contribution in [2.75, 3.05) is 7.11 Å². The van der Waals surface area contributed by atoms with Crippen LogP contribution in [0.4, 0.5) is 8.78 Å². The minimum Gasteiger partial charge on any atom is -0.465 e. The van der Waals surface area contributed by atoms with Gasteiger partial charge in [-0.05, 0) is 12.5 Å². The molecule has 15 heavy (non-hydrogen) atoms. The van der Waals surface area contributed by atoms with Crippen LogP contribution in [-0.2, 0) is 4.74 Å². The van der Waals surface area contributed by atoms with E-state index in [1.54, 1.807) is 0 Å². The molecule has 1 N–H and O–H groups in total. The first kappa shape index (κ1) is 11.4. The van der Waals surface area contributed by atoms with Crippen LogP contribution in [-0.4, -0.2) is 18.1 Å². The molecule has 0 radical (unpaired) electrons. The van der Waals surface area contributed by atoms with Crippen LogP contribution >= 0.6 is 0 Å². The number of carbonyl (C=O) groups is 1. The Morgan fingerprint density at radius 2 is 2.13 bits per heavy atom. The lowest BCUT2D eigenvalue weighted by Crippen LogP contribution is -2.20. The molecular weight excluding hydrogens is 208 g/mol. The number of pyridine rings is 1. The highest BCUT2D eigenvalue weighted by Gasteiger charge is 2.24. The summed E-state index contributed by atoms with van der Waals surface area (Å²) in [6.07, 6.45) is -1.82. The number of ether oxygens (including phenoxy) is 1. The van der Waals surface area contributed by atoms with Crippen molar-refractivity contribution in [2.24, 2.45) is 0 Å². The van der Waals surface area contributed by atoms with Gasteiger partial charge in [-0.3, -0.25) is 4.79 Å². The van der Waals surface area contributed by atoms with E-state index in [-0.39, 0.29) is 11.1 Å². The number of methoxy groups -OCH3 is 1. The van der Waals surface area contributed by atoms with Gasteiger partial charge in [0, 0.05) is 6.20 Å². The number of hydrogen-bond donors (Lipinski definition) is 1. The molecule has 1 rings (SSSR count). The van der Waals surface area contributed by atoms with Gasteiger partial charge in [-0.25, -0.2) is 13.6 Å². The Bertz CT molecular complexity index is 439. The van der Waals surface area contributed by atoms with Crippen molar-refractivity contribution in [2.45, 2.75) is 13.3 Å². The first-order valence-electron chi connectivity index (χ1n) is 4.07. The molecule has 0 unspecified atom stereocenters. The van der Waals surface area contributed by atoms with E-state index < -0.39 is 23.5 Å². The van der Waals surface area contributed by atoms with Gasteiger partial charge in [-0.2, -0.15) is 0 Å². The number of aryl methyl sites for hydroxylation is 1. The fourth-order valence-electron chi connectivity index (χ4n) is 1.23. The number of aromatic nitrogens is 1. The molecule has 0 spiro atoms. The van der Waals surface area contributed by atoms with E-state index in [9.17, 15) is 18.4 Å². The molecule has 0 aromatic carbocycles. The lowest BCUT2D eigenvalue weighted by Gasteiger charge is -2.08. The van der Waals surface area contributed by atoms with Crippen molar-refractivity contribution in [3.63, 3.8) is 0 Å². The van der Waals surface area contributed by atoms with Crippen LogP contribution in [0.15, 0.2) is 11.0 Å². The molecule has 1 aromatic rings. The predicted octanol–water partition coefficient (Wildman–Crippen LogP) is 1.41. The highest BCUT2D eigenvalue weighted by Crippen LogP contribution is 2.21. The number of rotatable bonds is 2. The number of esters is 1. The standard InChI is InChI=1S/C9H9F2NO3/c1-4-3-12-8(13)6(7(10)11)5(4)9(14)15-2/h3,7H,1-2H3,(H,12,13). The summed E-state index contributed by atoms with van der Waals surface area (Å²) in [7, 11) is 1.07. The van der Waals surface area contributed by atoms with Gasteiger partial charge in [-0.15, -0.1) is 0 Å². The van der Waals surface area contributed by atoms with Gasteiger partial charge in [0.15, 0.2) is 0 Å². The number of halogens is 2. The van der Waals surface area contributed by atoms with Crippen LogP contribution in [0, 0.1) is 6.92 Å². The summed E-state index contributed by atoms with van der Waals surface area (Å²) in [4.78, 5) is 24.4. The molecule has 0 fully saturated rings. The fraction of sp³-hybridized carbons (Fsp3) is 0.333. The van der Waals surface area contributed by atoms with Gasteiger partial charge in [0.2, 0.25) is 0 Å². The van der Waals surface area contributed by atoms with E-state index in [4.69, 9.17) is 0 Å². The molecule has 0 aliphatic heterocycles. The van der Waals surface area contributed by atoms with E-state index in [1.807, 2.05) is 0 Å². The maximum Gasteiger partial charge on any atom is 0.338 e. The number of nitrogens with one attached hydrogen (secondary N) is 1. The van der Waals surface area contributed by atoms with Gasteiger partial charge in [-0.1, -0.05) is 0 Å². The zero-order valence-electron chi connectivity index (χ0n) is 8.14. The van der Waals surface area contributed by atoms with E-state index in [0.717, 1.165) is 7.11 Å². The molecule has 1 heterocycles. The second kappa shape index (κ2) is 4.20. The van der Waals surface area contributed by atoms with E-state index >= 15 is 0 Å². The zero-order valence-corrected chi connectivity index (χ0v) is 8.14. The fourth-order valence-corrected chi connectivity index (χ4v) is 1.23. The third kappa shape index (κ3) is 2.03. The Morgan fingerprint density at radius 1 is 1.53 bits per heavy atom. The lowest BCUT2D eigenvalue weighted by molar-refractivity contribution is 0.0587. The van der Waals surface area contributed by atoms with Crippen LogP contribution in [0.1, 0.15) is 27.9 Å². The van der Waals surface area contributed by atoms with Crippen LogP contribution in [0.5, 0.6) is 0 Å². The first-order chi connectivity index (χ1) is 6.99. The molecule has 0 amide bonds.